The number of hydrogen-bond acceptors (Lipinski definition) is 7. The van der Waals surface area contributed by atoms with Crippen molar-refractivity contribution in [2.75, 3.05) is 26.3 Å². The zero-order valence-corrected chi connectivity index (χ0v) is 15.0. The second-order valence-electron chi connectivity index (χ2n) is 6.45. The van der Waals surface area contributed by atoms with E-state index in [9.17, 15) is 15.2 Å². The lowest BCUT2D eigenvalue weighted by atomic mass is 9.94. The maximum Gasteiger partial charge on any atom is 0.284 e. The Bertz CT molecular complexity index is 594. The lowest BCUT2D eigenvalue weighted by Crippen LogP contribution is -2.36. The van der Waals surface area contributed by atoms with Crippen LogP contribution in [0.5, 0.6) is 0 Å². The number of nitro benzene ring substituents is 1. The molecular formula is C17H24N2O5S. The van der Waals surface area contributed by atoms with E-state index in [1.54, 1.807) is 18.2 Å². The van der Waals surface area contributed by atoms with Crippen molar-refractivity contribution in [2.24, 2.45) is 0 Å². The van der Waals surface area contributed by atoms with E-state index in [-0.39, 0.29) is 23.3 Å². The van der Waals surface area contributed by atoms with Gasteiger partial charge in [0.05, 0.1) is 24.2 Å². The molecular weight excluding hydrogens is 344 g/mol. The van der Waals surface area contributed by atoms with Gasteiger partial charge in [0.2, 0.25) is 0 Å². The third kappa shape index (κ3) is 4.71. The SMILES string of the molecule is O=[N+]([O-])c1ccccc1SN(CCO)C[C@H]1COC2(CCCCC2)O1. The van der Waals surface area contributed by atoms with Crippen LogP contribution in [0.2, 0.25) is 0 Å². The summed E-state index contributed by atoms with van der Waals surface area (Å²) in [5, 5.41) is 20.5. The number of rotatable bonds is 7. The van der Waals surface area contributed by atoms with Gasteiger partial charge in [-0.1, -0.05) is 18.6 Å². The van der Waals surface area contributed by atoms with Gasteiger partial charge in [0.15, 0.2) is 5.79 Å². The molecule has 1 spiro atoms. The van der Waals surface area contributed by atoms with Gasteiger partial charge in [-0.25, -0.2) is 4.31 Å². The quantitative estimate of drug-likeness (QED) is 0.450. The summed E-state index contributed by atoms with van der Waals surface area (Å²) in [6.45, 7) is 1.47. The predicted molar refractivity (Wildman–Crippen MR) is 94.3 cm³/mol. The average molecular weight is 368 g/mol. The summed E-state index contributed by atoms with van der Waals surface area (Å²) in [6.07, 6.45) is 5.25. The molecule has 1 heterocycles. The van der Waals surface area contributed by atoms with Crippen molar-refractivity contribution in [2.45, 2.75) is 48.9 Å². The molecule has 0 aromatic heterocycles. The van der Waals surface area contributed by atoms with Crippen LogP contribution >= 0.6 is 11.9 Å². The van der Waals surface area contributed by atoms with E-state index >= 15 is 0 Å². The van der Waals surface area contributed by atoms with Crippen LogP contribution in [0.4, 0.5) is 5.69 Å². The highest BCUT2D eigenvalue weighted by molar-refractivity contribution is 7.97. The van der Waals surface area contributed by atoms with Crippen molar-refractivity contribution < 1.29 is 19.5 Å². The topological polar surface area (TPSA) is 85.1 Å². The minimum atomic E-state index is -0.433. The normalized spacial score (nSPS) is 22.6. The Morgan fingerprint density at radius 3 is 2.80 bits per heavy atom. The first kappa shape index (κ1) is 18.6. The lowest BCUT2D eigenvalue weighted by Gasteiger charge is -2.32. The summed E-state index contributed by atoms with van der Waals surface area (Å²) in [4.78, 5) is 11.4. The van der Waals surface area contributed by atoms with Crippen LogP contribution in [0.1, 0.15) is 32.1 Å². The number of para-hydroxylation sites is 1. The monoisotopic (exact) mass is 368 g/mol. The highest BCUT2D eigenvalue weighted by atomic mass is 32.2. The summed E-state index contributed by atoms with van der Waals surface area (Å²) in [5.74, 6) is -0.433. The molecule has 0 radical (unpaired) electrons. The number of benzene rings is 1. The van der Waals surface area contributed by atoms with Gasteiger partial charge in [0.25, 0.3) is 5.69 Å². The lowest BCUT2D eigenvalue weighted by molar-refractivity contribution is -0.387. The Morgan fingerprint density at radius 2 is 2.08 bits per heavy atom. The number of ether oxygens (including phenoxy) is 2. The van der Waals surface area contributed by atoms with Crippen molar-refractivity contribution in [3.63, 3.8) is 0 Å². The fourth-order valence-electron chi connectivity index (χ4n) is 3.40. The molecule has 2 fully saturated rings. The first-order valence-electron chi connectivity index (χ1n) is 8.71. The molecule has 138 valence electrons. The number of hydrogen-bond donors (Lipinski definition) is 1. The third-order valence-corrected chi connectivity index (χ3v) is 5.71. The molecule has 1 aromatic rings. The molecule has 1 aromatic carbocycles. The second kappa shape index (κ2) is 8.46. The summed E-state index contributed by atoms with van der Waals surface area (Å²) in [7, 11) is 0. The predicted octanol–water partition coefficient (Wildman–Crippen LogP) is 2.97. The molecule has 1 N–H and O–H groups in total. The van der Waals surface area contributed by atoms with E-state index in [1.165, 1.54) is 24.4 Å². The van der Waals surface area contributed by atoms with E-state index < -0.39 is 5.79 Å². The maximum absolute atomic E-state index is 11.2. The van der Waals surface area contributed by atoms with Crippen LogP contribution in [0.25, 0.3) is 0 Å². The molecule has 0 amide bonds. The number of nitrogens with zero attached hydrogens (tertiary/aromatic N) is 2. The molecule has 25 heavy (non-hydrogen) atoms. The van der Waals surface area contributed by atoms with Gasteiger partial charge < -0.3 is 14.6 Å². The fourth-order valence-corrected chi connectivity index (χ4v) is 4.46. The molecule has 1 saturated heterocycles. The Balaban J connectivity index is 1.63. The van der Waals surface area contributed by atoms with Crippen LogP contribution in [0, 0.1) is 10.1 Å². The van der Waals surface area contributed by atoms with Gasteiger partial charge in [-0.05, 0) is 30.9 Å². The summed E-state index contributed by atoms with van der Waals surface area (Å²) < 4.78 is 14.1. The number of nitro groups is 1. The molecule has 0 unspecified atom stereocenters. The molecule has 1 saturated carbocycles. The van der Waals surface area contributed by atoms with E-state index in [2.05, 4.69) is 0 Å². The summed E-state index contributed by atoms with van der Waals surface area (Å²) >= 11 is 1.29. The Hall–Kier alpha value is -1.19. The Morgan fingerprint density at radius 1 is 1.32 bits per heavy atom. The minimum absolute atomic E-state index is 0.0215. The maximum atomic E-state index is 11.2. The zero-order chi connectivity index (χ0) is 17.7. The highest BCUT2D eigenvalue weighted by Gasteiger charge is 2.42. The van der Waals surface area contributed by atoms with E-state index in [0.717, 1.165) is 25.7 Å². The molecule has 8 heteroatoms. The highest BCUT2D eigenvalue weighted by Crippen LogP contribution is 2.39. The van der Waals surface area contributed by atoms with Crippen LogP contribution < -0.4 is 0 Å². The Labute approximate surface area is 151 Å². The van der Waals surface area contributed by atoms with Gasteiger partial charge in [-0.3, -0.25) is 10.1 Å². The number of aliphatic hydroxyl groups is 1. The van der Waals surface area contributed by atoms with Gasteiger partial charge in [-0.15, -0.1) is 0 Å². The van der Waals surface area contributed by atoms with Crippen LogP contribution in [0.15, 0.2) is 29.2 Å². The molecule has 3 rings (SSSR count). The van der Waals surface area contributed by atoms with Gasteiger partial charge in [-0.2, -0.15) is 0 Å². The van der Waals surface area contributed by atoms with Gasteiger partial charge >= 0.3 is 0 Å². The standard InChI is InChI=1S/C17H24N2O5S/c20-11-10-18(25-16-7-3-2-6-15(16)19(21)22)12-14-13-23-17(24-14)8-4-1-5-9-17/h2-3,6-7,14,20H,1,4-5,8-13H2/t14-/m0/s1. The van der Waals surface area contributed by atoms with E-state index in [4.69, 9.17) is 9.47 Å². The van der Waals surface area contributed by atoms with Crippen molar-refractivity contribution >= 4 is 17.6 Å². The third-order valence-electron chi connectivity index (χ3n) is 4.58. The second-order valence-corrected chi connectivity index (χ2v) is 7.59. The molecule has 1 aliphatic carbocycles. The summed E-state index contributed by atoms with van der Waals surface area (Å²) in [5.41, 5.74) is 0.0720. The first-order chi connectivity index (χ1) is 12.1. The van der Waals surface area contributed by atoms with Gasteiger partial charge in [0, 0.05) is 32.0 Å². The molecule has 2 aliphatic rings. The van der Waals surface area contributed by atoms with Crippen LogP contribution in [-0.4, -0.2) is 52.5 Å². The summed E-state index contributed by atoms with van der Waals surface area (Å²) in [6, 6.07) is 6.64. The van der Waals surface area contributed by atoms with E-state index in [1.807, 2.05) is 4.31 Å². The van der Waals surface area contributed by atoms with Crippen molar-refractivity contribution in [3.05, 3.63) is 34.4 Å². The van der Waals surface area contributed by atoms with Crippen molar-refractivity contribution in [3.8, 4) is 0 Å². The molecule has 7 nitrogen and oxygen atoms in total. The van der Waals surface area contributed by atoms with Crippen LogP contribution in [-0.2, 0) is 9.47 Å². The van der Waals surface area contributed by atoms with E-state index in [0.29, 0.717) is 24.6 Å². The average Bonchev–Trinajstić information content (AvgIpc) is 2.98. The fraction of sp³-hybridized carbons (Fsp3) is 0.647. The van der Waals surface area contributed by atoms with Crippen LogP contribution in [0.3, 0.4) is 0 Å². The first-order valence-corrected chi connectivity index (χ1v) is 9.48. The molecule has 1 atom stereocenters. The van der Waals surface area contributed by atoms with Crippen molar-refractivity contribution in [1.29, 1.82) is 0 Å². The minimum Gasteiger partial charge on any atom is -0.395 e. The zero-order valence-electron chi connectivity index (χ0n) is 14.1. The molecule has 0 bridgehead atoms. The molecule has 1 aliphatic heterocycles. The Kier molecular flexibility index (Phi) is 6.29. The number of aliphatic hydroxyl groups excluding tert-OH is 1. The van der Waals surface area contributed by atoms with Crippen molar-refractivity contribution in [1.82, 2.24) is 4.31 Å². The smallest absolute Gasteiger partial charge is 0.284 e. The van der Waals surface area contributed by atoms with Gasteiger partial charge in [0.1, 0.15) is 4.90 Å². The largest absolute Gasteiger partial charge is 0.395 e.